The van der Waals surface area contributed by atoms with Gasteiger partial charge in [0.25, 0.3) is 0 Å². The van der Waals surface area contributed by atoms with Crippen LogP contribution in [-0.4, -0.2) is 57.9 Å². The summed E-state index contributed by atoms with van der Waals surface area (Å²) in [5.41, 5.74) is 2.51. The molecule has 1 aliphatic carbocycles. The quantitative estimate of drug-likeness (QED) is 0.337. The molecule has 1 aliphatic heterocycles. The Kier molecular flexibility index (Phi) is 9.04. The minimum absolute atomic E-state index is 0.178. The van der Waals surface area contributed by atoms with Crippen LogP contribution in [0.15, 0.2) is 33.3 Å². The molecule has 1 fully saturated rings. The Morgan fingerprint density at radius 1 is 1.23 bits per heavy atom. The molecule has 3 rings (SSSR count). The SMILES string of the molecule is CCC/C(=C\c1ccc(CO)o1)CC[C@@H](O)C1=C(CC)C[C@H]2C(=O)N(C(=O)OC)C(=O)[C@H]2[C@H]1CO. The summed E-state index contributed by atoms with van der Waals surface area (Å²) in [6.07, 6.45) is 3.44. The van der Waals surface area contributed by atoms with Gasteiger partial charge in [-0.15, -0.1) is 0 Å². The number of hydrogen-bond donors (Lipinski definition) is 3. The van der Waals surface area contributed by atoms with Gasteiger partial charge < -0.3 is 24.5 Å². The first-order chi connectivity index (χ1) is 16.8. The Morgan fingerprint density at radius 3 is 2.54 bits per heavy atom. The fourth-order valence-corrected chi connectivity index (χ4v) is 5.40. The average molecular weight is 490 g/mol. The van der Waals surface area contributed by atoms with Gasteiger partial charge in [0.15, 0.2) is 0 Å². The van der Waals surface area contributed by atoms with Crippen molar-refractivity contribution < 1.29 is 38.9 Å². The number of aliphatic hydroxyl groups excluding tert-OH is 3. The number of likely N-dealkylation sites (tertiary alicyclic amines) is 1. The van der Waals surface area contributed by atoms with E-state index in [4.69, 9.17) is 4.42 Å². The number of amides is 3. The van der Waals surface area contributed by atoms with E-state index in [9.17, 15) is 29.7 Å². The van der Waals surface area contributed by atoms with Crippen LogP contribution in [0, 0.1) is 17.8 Å². The van der Waals surface area contributed by atoms with Gasteiger partial charge >= 0.3 is 6.09 Å². The maximum absolute atomic E-state index is 13.0. The number of furan rings is 1. The molecule has 0 saturated carbocycles. The predicted molar refractivity (Wildman–Crippen MR) is 127 cm³/mol. The van der Waals surface area contributed by atoms with Crippen molar-refractivity contribution in [3.63, 3.8) is 0 Å². The number of carbonyl (C=O) groups excluding carboxylic acids is 3. The molecule has 3 N–H and O–H groups in total. The van der Waals surface area contributed by atoms with E-state index < -0.39 is 48.4 Å². The van der Waals surface area contributed by atoms with E-state index in [1.165, 1.54) is 0 Å². The fraction of sp³-hybridized carbons (Fsp3) is 0.577. The summed E-state index contributed by atoms with van der Waals surface area (Å²) in [6.45, 7) is 3.37. The standard InChI is InChI=1S/C26H35NO8/c1-4-6-15(11-17-8-9-18(13-28)35-17)7-10-21(30)22-16(5-2)12-19-23(20(22)14-29)25(32)27(24(19)31)26(33)34-3/h8-9,11,19-21,23,28-30H,4-7,10,12-14H2,1-3H3/b15-11+/t19-,20+,21-,23-/m1/s1. The van der Waals surface area contributed by atoms with Crippen LogP contribution in [0.4, 0.5) is 4.79 Å². The van der Waals surface area contributed by atoms with Crippen LogP contribution < -0.4 is 0 Å². The van der Waals surface area contributed by atoms with Crippen LogP contribution in [0.1, 0.15) is 63.9 Å². The Bertz CT molecular complexity index is 1010. The summed E-state index contributed by atoms with van der Waals surface area (Å²) in [5.74, 6) is -2.59. The van der Waals surface area contributed by atoms with Crippen molar-refractivity contribution in [2.75, 3.05) is 13.7 Å². The molecule has 0 unspecified atom stereocenters. The lowest BCUT2D eigenvalue weighted by Gasteiger charge is -2.36. The highest BCUT2D eigenvalue weighted by Crippen LogP contribution is 2.47. The molecule has 192 valence electrons. The molecule has 1 aromatic heterocycles. The molecule has 0 spiro atoms. The van der Waals surface area contributed by atoms with Gasteiger partial charge in [0.1, 0.15) is 18.1 Å². The summed E-state index contributed by atoms with van der Waals surface area (Å²) in [6, 6.07) is 3.50. The van der Waals surface area contributed by atoms with Crippen molar-refractivity contribution in [3.8, 4) is 0 Å². The maximum atomic E-state index is 13.0. The Labute approximate surface area is 205 Å². The Balaban J connectivity index is 1.83. The van der Waals surface area contributed by atoms with Crippen molar-refractivity contribution in [2.24, 2.45) is 17.8 Å². The van der Waals surface area contributed by atoms with Gasteiger partial charge in [-0.3, -0.25) is 9.59 Å². The highest BCUT2D eigenvalue weighted by molar-refractivity contribution is 6.15. The van der Waals surface area contributed by atoms with Crippen molar-refractivity contribution in [2.45, 2.75) is 65.1 Å². The molecule has 9 heteroatoms. The van der Waals surface area contributed by atoms with Crippen molar-refractivity contribution in [3.05, 3.63) is 40.4 Å². The zero-order valence-corrected chi connectivity index (χ0v) is 20.5. The van der Waals surface area contributed by atoms with Crippen LogP contribution in [0.5, 0.6) is 0 Å². The molecule has 3 amide bonds. The highest BCUT2D eigenvalue weighted by Gasteiger charge is 2.56. The second-order valence-corrected chi connectivity index (χ2v) is 9.09. The zero-order valence-electron chi connectivity index (χ0n) is 20.5. The van der Waals surface area contributed by atoms with E-state index in [1.807, 2.05) is 13.0 Å². The number of nitrogens with zero attached hydrogens (tertiary/aromatic N) is 1. The Hall–Kier alpha value is -2.75. The molecular weight excluding hydrogens is 454 g/mol. The predicted octanol–water partition coefficient (Wildman–Crippen LogP) is 3.18. The Morgan fingerprint density at radius 2 is 1.97 bits per heavy atom. The van der Waals surface area contributed by atoms with Gasteiger partial charge in [0.05, 0.1) is 31.7 Å². The van der Waals surface area contributed by atoms with E-state index in [-0.39, 0.29) is 13.0 Å². The number of carbonyl (C=O) groups is 3. The summed E-state index contributed by atoms with van der Waals surface area (Å²) in [7, 11) is 1.11. The minimum atomic E-state index is -1.03. The summed E-state index contributed by atoms with van der Waals surface area (Å²) in [4.78, 5) is 38.4. The average Bonchev–Trinajstić information content (AvgIpc) is 3.42. The number of imide groups is 3. The molecule has 9 nitrogen and oxygen atoms in total. The van der Waals surface area contributed by atoms with E-state index in [2.05, 4.69) is 11.7 Å². The number of hydrogen-bond acceptors (Lipinski definition) is 8. The van der Waals surface area contributed by atoms with E-state index in [1.54, 1.807) is 12.1 Å². The monoisotopic (exact) mass is 489 g/mol. The zero-order chi connectivity index (χ0) is 25.7. The second-order valence-electron chi connectivity index (χ2n) is 9.09. The molecule has 1 aromatic rings. The molecule has 0 bridgehead atoms. The first-order valence-corrected chi connectivity index (χ1v) is 12.2. The van der Waals surface area contributed by atoms with Crippen LogP contribution in [0.25, 0.3) is 6.08 Å². The van der Waals surface area contributed by atoms with Gasteiger partial charge in [0, 0.05) is 5.92 Å². The number of methoxy groups -OCH3 is 1. The van der Waals surface area contributed by atoms with Crippen LogP contribution in [0.3, 0.4) is 0 Å². The van der Waals surface area contributed by atoms with Crippen molar-refractivity contribution in [1.82, 2.24) is 4.90 Å². The molecule has 2 heterocycles. The van der Waals surface area contributed by atoms with Crippen LogP contribution >= 0.6 is 0 Å². The first-order valence-electron chi connectivity index (χ1n) is 12.2. The normalized spacial score (nSPS) is 23.7. The third-order valence-corrected chi connectivity index (χ3v) is 7.02. The summed E-state index contributed by atoms with van der Waals surface area (Å²) in [5, 5.41) is 30.7. The molecule has 4 atom stereocenters. The fourth-order valence-electron chi connectivity index (χ4n) is 5.40. The number of fused-ring (bicyclic) bond motifs is 1. The van der Waals surface area contributed by atoms with Gasteiger partial charge in [-0.05, 0) is 55.9 Å². The third kappa shape index (κ3) is 5.42. The van der Waals surface area contributed by atoms with Gasteiger partial charge in [-0.2, -0.15) is 4.90 Å². The molecule has 2 aliphatic rings. The van der Waals surface area contributed by atoms with Crippen LogP contribution in [-0.2, 0) is 20.9 Å². The second kappa shape index (κ2) is 11.8. The lowest BCUT2D eigenvalue weighted by atomic mass is 9.67. The topological polar surface area (TPSA) is 138 Å². The van der Waals surface area contributed by atoms with E-state index in [0.717, 1.165) is 31.1 Å². The lowest BCUT2D eigenvalue weighted by Crippen LogP contribution is -2.40. The largest absolute Gasteiger partial charge is 0.459 e. The minimum Gasteiger partial charge on any atom is -0.459 e. The van der Waals surface area contributed by atoms with Gasteiger partial charge in [-0.25, -0.2) is 4.79 Å². The molecule has 35 heavy (non-hydrogen) atoms. The first kappa shape index (κ1) is 26.8. The summed E-state index contributed by atoms with van der Waals surface area (Å²) >= 11 is 0. The van der Waals surface area contributed by atoms with Crippen LogP contribution in [0.2, 0.25) is 0 Å². The van der Waals surface area contributed by atoms with Crippen molar-refractivity contribution >= 4 is 24.0 Å². The molecule has 1 saturated heterocycles. The van der Waals surface area contributed by atoms with Gasteiger partial charge in [0.2, 0.25) is 11.8 Å². The molecule has 0 aromatic carbocycles. The maximum Gasteiger partial charge on any atom is 0.423 e. The lowest BCUT2D eigenvalue weighted by molar-refractivity contribution is -0.137. The molecular formula is C26H35NO8. The van der Waals surface area contributed by atoms with E-state index >= 15 is 0 Å². The number of allylic oxidation sites excluding steroid dienone is 2. The van der Waals surface area contributed by atoms with Gasteiger partial charge in [-0.1, -0.05) is 31.4 Å². The van der Waals surface area contributed by atoms with Crippen molar-refractivity contribution in [1.29, 1.82) is 0 Å². The number of rotatable bonds is 10. The molecule has 0 radical (unpaired) electrons. The number of ether oxygens (including phenoxy) is 1. The number of aliphatic hydroxyl groups is 3. The summed E-state index contributed by atoms with van der Waals surface area (Å²) < 4.78 is 10.2. The third-order valence-electron chi connectivity index (χ3n) is 7.02. The highest BCUT2D eigenvalue weighted by atomic mass is 16.5. The smallest absolute Gasteiger partial charge is 0.423 e. The van der Waals surface area contributed by atoms with E-state index in [0.29, 0.717) is 41.3 Å².